The quantitative estimate of drug-likeness (QED) is 0.794. The Labute approximate surface area is 128 Å². The van der Waals surface area contributed by atoms with Gasteiger partial charge in [-0.1, -0.05) is 0 Å². The number of hydrogen-bond acceptors (Lipinski definition) is 4. The molecule has 2 heterocycles. The number of aliphatic hydroxyl groups is 1. The molecule has 0 fully saturated rings. The number of hydrogen-bond donors (Lipinski definition) is 3. The van der Waals surface area contributed by atoms with E-state index in [0.717, 1.165) is 22.6 Å². The third-order valence-corrected chi connectivity index (χ3v) is 3.98. The standard InChI is InChI=1S/C15H20N2O3S/c1-9-6-13(11(3)20-9)10(2)17-15(19)16-7-14(18)12-4-5-21-8-12/h4-6,8,10,14,18H,7H2,1-3H3,(H2,16,17,19). The van der Waals surface area contributed by atoms with Gasteiger partial charge in [-0.25, -0.2) is 4.79 Å². The van der Waals surface area contributed by atoms with Gasteiger partial charge in [0.1, 0.15) is 11.5 Å². The van der Waals surface area contributed by atoms with E-state index in [-0.39, 0.29) is 18.6 Å². The van der Waals surface area contributed by atoms with Gasteiger partial charge >= 0.3 is 6.03 Å². The fraction of sp³-hybridized carbons (Fsp3) is 0.400. The van der Waals surface area contributed by atoms with Crippen LogP contribution in [0.15, 0.2) is 27.3 Å². The van der Waals surface area contributed by atoms with Crippen molar-refractivity contribution in [1.29, 1.82) is 0 Å². The molecule has 2 aromatic rings. The predicted octanol–water partition coefficient (Wildman–Crippen LogP) is 3.05. The second-order valence-corrected chi connectivity index (χ2v) is 5.80. The summed E-state index contributed by atoms with van der Waals surface area (Å²) in [5, 5.41) is 19.2. The summed E-state index contributed by atoms with van der Waals surface area (Å²) >= 11 is 1.52. The van der Waals surface area contributed by atoms with E-state index < -0.39 is 6.10 Å². The molecular weight excluding hydrogens is 288 g/mol. The summed E-state index contributed by atoms with van der Waals surface area (Å²) in [5.41, 5.74) is 1.77. The van der Waals surface area contributed by atoms with Gasteiger partial charge in [-0.2, -0.15) is 11.3 Å². The van der Waals surface area contributed by atoms with Crippen LogP contribution in [0.5, 0.6) is 0 Å². The van der Waals surface area contributed by atoms with E-state index in [4.69, 9.17) is 4.42 Å². The van der Waals surface area contributed by atoms with Crippen LogP contribution in [0.3, 0.4) is 0 Å². The molecule has 2 unspecified atom stereocenters. The van der Waals surface area contributed by atoms with Crippen molar-refractivity contribution in [2.45, 2.75) is 32.9 Å². The van der Waals surface area contributed by atoms with Crippen LogP contribution < -0.4 is 10.6 Å². The molecule has 114 valence electrons. The van der Waals surface area contributed by atoms with Gasteiger partial charge in [0.05, 0.1) is 12.1 Å². The molecule has 2 amide bonds. The normalized spacial score (nSPS) is 13.7. The van der Waals surface area contributed by atoms with Crippen LogP contribution >= 0.6 is 11.3 Å². The molecule has 0 saturated carbocycles. The Morgan fingerprint density at radius 3 is 2.81 bits per heavy atom. The third-order valence-electron chi connectivity index (χ3n) is 3.28. The minimum absolute atomic E-state index is 0.152. The lowest BCUT2D eigenvalue weighted by Gasteiger charge is -2.15. The van der Waals surface area contributed by atoms with E-state index in [9.17, 15) is 9.90 Å². The maximum Gasteiger partial charge on any atom is 0.315 e. The first-order valence-electron chi connectivity index (χ1n) is 6.79. The first-order valence-corrected chi connectivity index (χ1v) is 7.73. The van der Waals surface area contributed by atoms with Crippen molar-refractivity contribution in [3.8, 4) is 0 Å². The van der Waals surface area contributed by atoms with E-state index in [1.807, 2.05) is 43.7 Å². The SMILES string of the molecule is Cc1cc(C(C)NC(=O)NCC(O)c2ccsc2)c(C)o1. The maximum absolute atomic E-state index is 11.9. The molecule has 0 aliphatic heterocycles. The molecule has 21 heavy (non-hydrogen) atoms. The van der Waals surface area contributed by atoms with Gasteiger partial charge in [0.15, 0.2) is 0 Å². The summed E-state index contributed by atoms with van der Waals surface area (Å²) < 4.78 is 5.45. The Morgan fingerprint density at radius 2 is 2.24 bits per heavy atom. The molecule has 2 atom stereocenters. The number of carbonyl (C=O) groups is 1. The fourth-order valence-electron chi connectivity index (χ4n) is 2.18. The van der Waals surface area contributed by atoms with Crippen LogP contribution in [-0.2, 0) is 0 Å². The molecule has 0 radical (unpaired) electrons. The first kappa shape index (κ1) is 15.6. The van der Waals surface area contributed by atoms with Crippen molar-refractivity contribution in [2.24, 2.45) is 0 Å². The van der Waals surface area contributed by atoms with Crippen LogP contribution in [0.25, 0.3) is 0 Å². The van der Waals surface area contributed by atoms with E-state index >= 15 is 0 Å². The van der Waals surface area contributed by atoms with Gasteiger partial charge < -0.3 is 20.2 Å². The summed E-state index contributed by atoms with van der Waals surface area (Å²) in [6.45, 7) is 5.82. The lowest BCUT2D eigenvalue weighted by Crippen LogP contribution is -2.39. The van der Waals surface area contributed by atoms with Gasteiger partial charge in [-0.3, -0.25) is 0 Å². The second kappa shape index (κ2) is 6.78. The number of thiophene rings is 1. The number of rotatable bonds is 5. The molecule has 0 aliphatic rings. The maximum atomic E-state index is 11.9. The zero-order valence-corrected chi connectivity index (χ0v) is 13.2. The van der Waals surface area contributed by atoms with Crippen molar-refractivity contribution < 1.29 is 14.3 Å². The summed E-state index contributed by atoms with van der Waals surface area (Å²) in [6.07, 6.45) is -0.685. The van der Waals surface area contributed by atoms with Crippen LogP contribution in [0, 0.1) is 13.8 Å². The van der Waals surface area contributed by atoms with Gasteiger partial charge in [0, 0.05) is 12.1 Å². The number of furan rings is 1. The molecule has 5 nitrogen and oxygen atoms in total. The molecule has 0 spiro atoms. The molecule has 2 rings (SSSR count). The van der Waals surface area contributed by atoms with E-state index in [0.29, 0.717) is 0 Å². The van der Waals surface area contributed by atoms with Crippen molar-refractivity contribution in [2.75, 3.05) is 6.54 Å². The summed E-state index contributed by atoms with van der Waals surface area (Å²) in [4.78, 5) is 11.9. The number of aliphatic hydroxyl groups excluding tert-OH is 1. The second-order valence-electron chi connectivity index (χ2n) is 5.02. The average Bonchev–Trinajstić information content (AvgIpc) is 3.05. The zero-order chi connectivity index (χ0) is 15.4. The van der Waals surface area contributed by atoms with Gasteiger partial charge in [-0.05, 0) is 49.2 Å². The van der Waals surface area contributed by atoms with E-state index in [1.54, 1.807) is 0 Å². The van der Waals surface area contributed by atoms with Crippen molar-refractivity contribution in [3.05, 3.63) is 45.5 Å². The largest absolute Gasteiger partial charge is 0.466 e. The highest BCUT2D eigenvalue weighted by molar-refractivity contribution is 7.07. The highest BCUT2D eigenvalue weighted by Crippen LogP contribution is 2.21. The van der Waals surface area contributed by atoms with Crippen LogP contribution in [0.4, 0.5) is 4.79 Å². The smallest absolute Gasteiger partial charge is 0.315 e. The Bertz CT molecular complexity index is 592. The summed E-state index contributed by atoms with van der Waals surface area (Å²) in [5.74, 6) is 1.63. The van der Waals surface area contributed by atoms with Crippen molar-refractivity contribution >= 4 is 17.4 Å². The highest BCUT2D eigenvalue weighted by atomic mass is 32.1. The Kier molecular flexibility index (Phi) is 5.03. The number of nitrogens with one attached hydrogen (secondary N) is 2. The van der Waals surface area contributed by atoms with Crippen molar-refractivity contribution in [1.82, 2.24) is 10.6 Å². The van der Waals surface area contributed by atoms with Gasteiger partial charge in [0.2, 0.25) is 0 Å². The monoisotopic (exact) mass is 308 g/mol. The molecule has 0 bridgehead atoms. The summed E-state index contributed by atoms with van der Waals surface area (Å²) in [6, 6.07) is 3.30. The number of carbonyl (C=O) groups excluding carboxylic acids is 1. The highest BCUT2D eigenvalue weighted by Gasteiger charge is 2.16. The average molecular weight is 308 g/mol. The van der Waals surface area contributed by atoms with Crippen LogP contribution in [0.1, 0.15) is 41.7 Å². The van der Waals surface area contributed by atoms with E-state index in [2.05, 4.69) is 10.6 Å². The summed E-state index contributed by atoms with van der Waals surface area (Å²) in [7, 11) is 0. The molecule has 2 aromatic heterocycles. The van der Waals surface area contributed by atoms with Crippen LogP contribution in [0.2, 0.25) is 0 Å². The Balaban J connectivity index is 1.83. The number of amides is 2. The minimum Gasteiger partial charge on any atom is -0.466 e. The lowest BCUT2D eigenvalue weighted by atomic mass is 10.1. The van der Waals surface area contributed by atoms with Crippen LogP contribution in [-0.4, -0.2) is 17.7 Å². The lowest BCUT2D eigenvalue weighted by molar-refractivity contribution is 0.173. The Morgan fingerprint density at radius 1 is 1.48 bits per heavy atom. The topological polar surface area (TPSA) is 74.5 Å². The molecule has 0 saturated heterocycles. The molecule has 6 heteroatoms. The van der Waals surface area contributed by atoms with Crippen molar-refractivity contribution in [3.63, 3.8) is 0 Å². The first-order chi connectivity index (χ1) is 9.97. The minimum atomic E-state index is -0.685. The zero-order valence-electron chi connectivity index (χ0n) is 12.3. The molecule has 0 aliphatic carbocycles. The van der Waals surface area contributed by atoms with Gasteiger partial charge in [-0.15, -0.1) is 0 Å². The fourth-order valence-corrected chi connectivity index (χ4v) is 2.88. The van der Waals surface area contributed by atoms with Gasteiger partial charge in [0.25, 0.3) is 0 Å². The Hall–Kier alpha value is -1.79. The third kappa shape index (κ3) is 4.09. The number of aryl methyl sites for hydroxylation is 2. The molecular formula is C15H20N2O3S. The van der Waals surface area contributed by atoms with E-state index in [1.165, 1.54) is 11.3 Å². The molecule has 3 N–H and O–H groups in total. The molecule has 0 aromatic carbocycles. The number of urea groups is 1. The predicted molar refractivity (Wildman–Crippen MR) is 82.4 cm³/mol.